The van der Waals surface area contributed by atoms with Gasteiger partial charge < -0.3 is 15.7 Å². The maximum atomic E-state index is 12.3. The molecule has 28 heavy (non-hydrogen) atoms. The van der Waals surface area contributed by atoms with Gasteiger partial charge in [-0.15, -0.1) is 0 Å². The standard InChI is InChI=1S/C22H26N2O4/c25-19(14-17-10-7-9-16-8-3-4-11-18(16)17)23-15-20(26)24-22(21(27)28)12-5-1-2-6-13-22/h3-4,7-11H,1-2,5-6,12-15H2,(H,23,25)(H,24,26)(H,27,28). The van der Waals surface area contributed by atoms with Crippen LogP contribution in [-0.4, -0.2) is 35.0 Å². The van der Waals surface area contributed by atoms with Crippen molar-refractivity contribution in [1.29, 1.82) is 0 Å². The zero-order chi connectivity index (χ0) is 20.0. The number of rotatable bonds is 6. The highest BCUT2D eigenvalue weighted by Crippen LogP contribution is 2.27. The topological polar surface area (TPSA) is 95.5 Å². The third-order valence-electron chi connectivity index (χ3n) is 5.42. The first kappa shape index (κ1) is 19.9. The van der Waals surface area contributed by atoms with Crippen molar-refractivity contribution in [2.45, 2.75) is 50.5 Å². The second kappa shape index (κ2) is 8.87. The molecule has 1 aliphatic carbocycles. The van der Waals surface area contributed by atoms with Gasteiger partial charge in [0.2, 0.25) is 11.8 Å². The highest BCUT2D eigenvalue weighted by Gasteiger charge is 2.39. The first-order chi connectivity index (χ1) is 13.5. The minimum Gasteiger partial charge on any atom is -0.480 e. The third-order valence-corrected chi connectivity index (χ3v) is 5.42. The molecule has 2 aromatic carbocycles. The van der Waals surface area contributed by atoms with Gasteiger partial charge in [0.05, 0.1) is 13.0 Å². The molecule has 2 amide bonds. The molecule has 0 spiro atoms. The summed E-state index contributed by atoms with van der Waals surface area (Å²) in [5.41, 5.74) is -0.324. The predicted octanol–water partition coefficient (Wildman–Crippen LogP) is 2.79. The monoisotopic (exact) mass is 382 g/mol. The fraction of sp³-hybridized carbons (Fsp3) is 0.409. The molecule has 0 aromatic heterocycles. The van der Waals surface area contributed by atoms with Gasteiger partial charge in [-0.3, -0.25) is 9.59 Å². The van der Waals surface area contributed by atoms with E-state index >= 15 is 0 Å². The van der Waals surface area contributed by atoms with Crippen molar-refractivity contribution in [3.63, 3.8) is 0 Å². The van der Waals surface area contributed by atoms with Crippen LogP contribution in [0, 0.1) is 0 Å². The van der Waals surface area contributed by atoms with Gasteiger partial charge in [0.15, 0.2) is 0 Å². The van der Waals surface area contributed by atoms with E-state index in [1.165, 1.54) is 0 Å². The summed E-state index contributed by atoms with van der Waals surface area (Å²) in [6, 6.07) is 13.6. The summed E-state index contributed by atoms with van der Waals surface area (Å²) in [4.78, 5) is 36.4. The molecular formula is C22H26N2O4. The lowest BCUT2D eigenvalue weighted by Crippen LogP contribution is -2.56. The molecule has 6 heteroatoms. The molecule has 2 aromatic rings. The molecule has 0 heterocycles. The number of aliphatic carboxylic acids is 1. The quantitative estimate of drug-likeness (QED) is 0.670. The molecule has 3 N–H and O–H groups in total. The van der Waals surface area contributed by atoms with Crippen molar-refractivity contribution < 1.29 is 19.5 Å². The number of carboxylic acids is 1. The molecule has 0 bridgehead atoms. The lowest BCUT2D eigenvalue weighted by Gasteiger charge is -2.29. The van der Waals surface area contributed by atoms with Crippen molar-refractivity contribution >= 4 is 28.6 Å². The number of nitrogens with one attached hydrogen (secondary N) is 2. The van der Waals surface area contributed by atoms with E-state index in [1.807, 2.05) is 42.5 Å². The average molecular weight is 382 g/mol. The largest absolute Gasteiger partial charge is 0.480 e. The van der Waals surface area contributed by atoms with Crippen molar-refractivity contribution in [2.24, 2.45) is 0 Å². The zero-order valence-electron chi connectivity index (χ0n) is 15.9. The van der Waals surface area contributed by atoms with Crippen molar-refractivity contribution in [2.75, 3.05) is 6.54 Å². The molecule has 6 nitrogen and oxygen atoms in total. The fourth-order valence-corrected chi connectivity index (χ4v) is 3.90. The minimum absolute atomic E-state index is 0.165. The number of hydrogen-bond acceptors (Lipinski definition) is 3. The highest BCUT2D eigenvalue weighted by molar-refractivity contribution is 5.93. The average Bonchev–Trinajstić information content (AvgIpc) is 2.93. The number of amides is 2. The maximum Gasteiger partial charge on any atom is 0.329 e. The molecule has 3 rings (SSSR count). The van der Waals surface area contributed by atoms with Crippen molar-refractivity contribution in [1.82, 2.24) is 10.6 Å². The van der Waals surface area contributed by atoms with Crippen LogP contribution in [0.5, 0.6) is 0 Å². The Morgan fingerprint density at radius 2 is 1.57 bits per heavy atom. The zero-order valence-corrected chi connectivity index (χ0v) is 15.9. The van der Waals surface area contributed by atoms with Gasteiger partial charge in [-0.05, 0) is 29.2 Å². The predicted molar refractivity (Wildman–Crippen MR) is 107 cm³/mol. The van der Waals surface area contributed by atoms with Crippen LogP contribution in [0.15, 0.2) is 42.5 Å². The number of hydrogen-bond donors (Lipinski definition) is 3. The lowest BCUT2D eigenvalue weighted by atomic mass is 9.90. The molecule has 0 radical (unpaired) electrons. The van der Waals surface area contributed by atoms with E-state index < -0.39 is 17.4 Å². The van der Waals surface area contributed by atoms with Gasteiger partial charge in [-0.25, -0.2) is 4.79 Å². The highest BCUT2D eigenvalue weighted by atomic mass is 16.4. The van der Waals surface area contributed by atoms with Crippen LogP contribution in [0.4, 0.5) is 0 Å². The van der Waals surface area contributed by atoms with Crippen LogP contribution in [-0.2, 0) is 20.8 Å². The van der Waals surface area contributed by atoms with Gasteiger partial charge >= 0.3 is 5.97 Å². The van der Waals surface area contributed by atoms with Gasteiger partial charge in [0.1, 0.15) is 5.54 Å². The van der Waals surface area contributed by atoms with E-state index in [4.69, 9.17) is 0 Å². The first-order valence-electron chi connectivity index (χ1n) is 9.78. The van der Waals surface area contributed by atoms with Crippen LogP contribution in [0.2, 0.25) is 0 Å². The van der Waals surface area contributed by atoms with Gasteiger partial charge in [0.25, 0.3) is 0 Å². The van der Waals surface area contributed by atoms with Gasteiger partial charge in [-0.2, -0.15) is 0 Å². The van der Waals surface area contributed by atoms with E-state index in [1.54, 1.807) is 0 Å². The Labute approximate surface area is 164 Å². The summed E-state index contributed by atoms with van der Waals surface area (Å²) in [6.07, 6.45) is 4.54. The molecule has 1 aliphatic rings. The summed E-state index contributed by atoms with van der Waals surface area (Å²) >= 11 is 0. The summed E-state index contributed by atoms with van der Waals surface area (Å²) in [7, 11) is 0. The van der Waals surface area contributed by atoms with Crippen LogP contribution in [0.1, 0.15) is 44.1 Å². The van der Waals surface area contributed by atoms with E-state index in [2.05, 4.69) is 10.6 Å². The third kappa shape index (κ3) is 4.68. The van der Waals surface area contributed by atoms with Crippen molar-refractivity contribution in [3.05, 3.63) is 48.0 Å². The van der Waals surface area contributed by atoms with Gasteiger partial charge in [0, 0.05) is 0 Å². The van der Waals surface area contributed by atoms with E-state index in [9.17, 15) is 19.5 Å². The van der Waals surface area contributed by atoms with E-state index in [-0.39, 0.29) is 18.9 Å². The second-order valence-corrected chi connectivity index (χ2v) is 7.44. The summed E-state index contributed by atoms with van der Waals surface area (Å²) < 4.78 is 0. The Morgan fingerprint density at radius 3 is 2.29 bits per heavy atom. The Hall–Kier alpha value is -2.89. The smallest absolute Gasteiger partial charge is 0.329 e. The second-order valence-electron chi connectivity index (χ2n) is 7.44. The minimum atomic E-state index is -1.21. The Bertz CT molecular complexity index is 864. The van der Waals surface area contributed by atoms with Gasteiger partial charge in [-0.1, -0.05) is 68.1 Å². The van der Waals surface area contributed by atoms with Crippen LogP contribution in [0.3, 0.4) is 0 Å². The summed E-state index contributed by atoms with van der Waals surface area (Å²) in [5, 5.41) is 17.0. The number of fused-ring (bicyclic) bond motifs is 1. The van der Waals surface area contributed by atoms with Crippen LogP contribution >= 0.6 is 0 Å². The summed E-state index contributed by atoms with van der Waals surface area (Å²) in [5.74, 6) is -1.72. The Kier molecular flexibility index (Phi) is 6.29. The van der Waals surface area contributed by atoms with Crippen molar-refractivity contribution in [3.8, 4) is 0 Å². The first-order valence-corrected chi connectivity index (χ1v) is 9.78. The molecule has 0 saturated heterocycles. The molecule has 0 atom stereocenters. The van der Waals surface area contributed by atoms with Crippen LogP contribution < -0.4 is 10.6 Å². The normalized spacial score (nSPS) is 16.1. The number of carbonyl (C=O) groups is 3. The number of carboxylic acid groups (broad SMARTS) is 1. The molecule has 1 saturated carbocycles. The fourth-order valence-electron chi connectivity index (χ4n) is 3.90. The maximum absolute atomic E-state index is 12.3. The SMILES string of the molecule is O=C(Cc1cccc2ccccc12)NCC(=O)NC1(C(=O)O)CCCCCC1. The van der Waals surface area contributed by atoms with Crippen LogP contribution in [0.25, 0.3) is 10.8 Å². The van der Waals surface area contributed by atoms with E-state index in [0.29, 0.717) is 12.8 Å². The number of carbonyl (C=O) groups excluding carboxylic acids is 2. The molecular weight excluding hydrogens is 356 g/mol. The number of benzene rings is 2. The molecule has 0 unspecified atom stereocenters. The summed E-state index contributed by atoms with van der Waals surface area (Å²) in [6.45, 7) is -0.224. The Morgan fingerprint density at radius 1 is 0.893 bits per heavy atom. The lowest BCUT2D eigenvalue weighted by molar-refractivity contribution is -0.148. The van der Waals surface area contributed by atoms with E-state index in [0.717, 1.165) is 42.0 Å². The molecule has 1 fully saturated rings. The Balaban J connectivity index is 1.57. The molecule has 0 aliphatic heterocycles. The molecule has 148 valence electrons.